The average Bonchev–Trinajstić information content (AvgIpc) is 2.82. The lowest BCUT2D eigenvalue weighted by atomic mass is 10.0. The van der Waals surface area contributed by atoms with E-state index in [9.17, 15) is 15.3 Å². The minimum Gasteiger partial charge on any atom is -0.478 e. The van der Waals surface area contributed by atoms with Gasteiger partial charge < -0.3 is 34.9 Å². The van der Waals surface area contributed by atoms with Crippen LogP contribution < -0.4 is 10.5 Å². The van der Waals surface area contributed by atoms with Crippen LogP contribution in [-0.4, -0.2) is 45.2 Å². The van der Waals surface area contributed by atoms with Crippen molar-refractivity contribution in [1.82, 2.24) is 4.98 Å². The molecule has 0 saturated carbocycles. The standard InChI is InChI=1S/C9H12N2O6/c10-3-4-5(12)6(13)7(8(14)16-4)17-9-11-1-2-15-9/h1-2,4-6,12-14H,3,10H2/t4-,5+,6+/m1/s1. The molecule has 0 aliphatic carbocycles. The number of ether oxygens (including phenoxy) is 2. The summed E-state index contributed by atoms with van der Waals surface area (Å²) in [4.78, 5) is 3.64. The summed E-state index contributed by atoms with van der Waals surface area (Å²) < 4.78 is 14.6. The zero-order valence-electron chi connectivity index (χ0n) is 8.68. The number of nitrogens with two attached hydrogens (primary N) is 1. The SMILES string of the molecule is NC[C@H]1OC(O)=C(Oc2ncco2)[C@@H](O)[C@H]1O. The van der Waals surface area contributed by atoms with Gasteiger partial charge in [0.05, 0.1) is 6.20 Å². The van der Waals surface area contributed by atoms with Crippen LogP contribution in [0.2, 0.25) is 0 Å². The minimum absolute atomic E-state index is 0.0609. The summed E-state index contributed by atoms with van der Waals surface area (Å²) in [5.41, 5.74) is 5.30. The molecule has 1 aliphatic rings. The molecule has 17 heavy (non-hydrogen) atoms. The molecule has 3 atom stereocenters. The molecule has 2 heterocycles. The molecule has 0 bridgehead atoms. The fraction of sp³-hybridized carbons (Fsp3) is 0.444. The molecule has 2 rings (SSSR count). The fourth-order valence-corrected chi connectivity index (χ4v) is 1.40. The van der Waals surface area contributed by atoms with Crippen LogP contribution in [0, 0.1) is 0 Å². The van der Waals surface area contributed by atoms with Crippen LogP contribution >= 0.6 is 0 Å². The maximum atomic E-state index is 9.71. The van der Waals surface area contributed by atoms with Gasteiger partial charge in [0.15, 0.2) is 0 Å². The zero-order chi connectivity index (χ0) is 12.4. The normalized spacial score (nSPS) is 29.0. The first-order valence-electron chi connectivity index (χ1n) is 4.86. The first-order chi connectivity index (χ1) is 8.13. The molecule has 94 valence electrons. The molecule has 1 aromatic rings. The van der Waals surface area contributed by atoms with E-state index in [1.54, 1.807) is 0 Å². The second-order valence-electron chi connectivity index (χ2n) is 3.40. The van der Waals surface area contributed by atoms with Gasteiger partial charge in [0.2, 0.25) is 5.76 Å². The maximum Gasteiger partial charge on any atom is 0.399 e. The van der Waals surface area contributed by atoms with Crippen molar-refractivity contribution < 1.29 is 29.2 Å². The van der Waals surface area contributed by atoms with Gasteiger partial charge >= 0.3 is 12.0 Å². The van der Waals surface area contributed by atoms with E-state index in [2.05, 4.69) is 4.98 Å². The number of aromatic nitrogens is 1. The number of hydrogen-bond donors (Lipinski definition) is 4. The number of nitrogens with zero attached hydrogens (tertiary/aromatic N) is 1. The Morgan fingerprint density at radius 3 is 2.82 bits per heavy atom. The highest BCUT2D eigenvalue weighted by molar-refractivity contribution is 5.12. The maximum absolute atomic E-state index is 9.71. The van der Waals surface area contributed by atoms with Crippen molar-refractivity contribution >= 4 is 0 Å². The van der Waals surface area contributed by atoms with Crippen molar-refractivity contribution in [2.45, 2.75) is 18.3 Å². The Kier molecular flexibility index (Phi) is 3.18. The van der Waals surface area contributed by atoms with Crippen LogP contribution in [0.15, 0.2) is 28.6 Å². The van der Waals surface area contributed by atoms with Gasteiger partial charge in [-0.3, -0.25) is 0 Å². The number of hydrogen-bond acceptors (Lipinski definition) is 8. The smallest absolute Gasteiger partial charge is 0.399 e. The monoisotopic (exact) mass is 244 g/mol. The largest absolute Gasteiger partial charge is 0.478 e. The fourth-order valence-electron chi connectivity index (χ4n) is 1.40. The summed E-state index contributed by atoms with van der Waals surface area (Å²) in [6.07, 6.45) is -1.29. The summed E-state index contributed by atoms with van der Waals surface area (Å²) in [5, 5.41) is 28.8. The molecule has 0 spiro atoms. The molecule has 8 nitrogen and oxygen atoms in total. The lowest BCUT2D eigenvalue weighted by Gasteiger charge is -2.31. The number of aliphatic hydroxyl groups is 3. The second kappa shape index (κ2) is 4.62. The van der Waals surface area contributed by atoms with Crippen LogP contribution in [0.3, 0.4) is 0 Å². The van der Waals surface area contributed by atoms with E-state index in [-0.39, 0.29) is 18.4 Å². The summed E-state index contributed by atoms with van der Waals surface area (Å²) in [5.74, 6) is -1.03. The van der Waals surface area contributed by atoms with Gasteiger partial charge in [0.1, 0.15) is 24.6 Å². The summed E-state index contributed by atoms with van der Waals surface area (Å²) >= 11 is 0. The third kappa shape index (κ3) is 2.18. The molecule has 0 unspecified atom stereocenters. The first kappa shape index (κ1) is 11.7. The van der Waals surface area contributed by atoms with Crippen molar-refractivity contribution in [3.63, 3.8) is 0 Å². The van der Waals surface area contributed by atoms with Crippen molar-refractivity contribution in [3.8, 4) is 6.08 Å². The van der Waals surface area contributed by atoms with E-state index < -0.39 is 24.3 Å². The zero-order valence-corrected chi connectivity index (χ0v) is 8.68. The van der Waals surface area contributed by atoms with Crippen molar-refractivity contribution in [2.24, 2.45) is 5.73 Å². The Balaban J connectivity index is 2.20. The molecule has 0 saturated heterocycles. The molecule has 5 N–H and O–H groups in total. The lowest BCUT2D eigenvalue weighted by molar-refractivity contribution is -0.120. The lowest BCUT2D eigenvalue weighted by Crippen LogP contribution is -2.48. The van der Waals surface area contributed by atoms with Gasteiger partial charge in [-0.2, -0.15) is 4.98 Å². The van der Waals surface area contributed by atoms with Crippen LogP contribution in [0.5, 0.6) is 6.08 Å². The van der Waals surface area contributed by atoms with Gasteiger partial charge in [-0.05, 0) is 0 Å². The van der Waals surface area contributed by atoms with Crippen LogP contribution in [0.25, 0.3) is 0 Å². The summed E-state index contributed by atoms with van der Waals surface area (Å²) in [6.45, 7) is -0.0609. The topological polar surface area (TPSA) is 131 Å². The Hall–Kier alpha value is -1.77. The van der Waals surface area contributed by atoms with Gasteiger partial charge in [-0.15, -0.1) is 0 Å². The van der Waals surface area contributed by atoms with Crippen molar-refractivity contribution in [3.05, 3.63) is 24.2 Å². The average molecular weight is 244 g/mol. The van der Waals surface area contributed by atoms with Gasteiger partial charge in [-0.1, -0.05) is 0 Å². The Morgan fingerprint density at radius 1 is 1.47 bits per heavy atom. The molecular weight excluding hydrogens is 232 g/mol. The van der Waals surface area contributed by atoms with Crippen molar-refractivity contribution in [2.75, 3.05) is 6.54 Å². The number of rotatable bonds is 3. The predicted molar refractivity (Wildman–Crippen MR) is 52.7 cm³/mol. The van der Waals surface area contributed by atoms with Gasteiger partial charge in [0, 0.05) is 6.54 Å². The first-order valence-corrected chi connectivity index (χ1v) is 4.86. The molecular formula is C9H12N2O6. The molecule has 0 fully saturated rings. The number of oxazole rings is 1. The van der Waals surface area contributed by atoms with E-state index in [1.807, 2.05) is 0 Å². The second-order valence-corrected chi connectivity index (χ2v) is 3.40. The summed E-state index contributed by atoms with van der Waals surface area (Å²) in [7, 11) is 0. The van der Waals surface area contributed by atoms with Crippen LogP contribution in [0.1, 0.15) is 0 Å². The van der Waals surface area contributed by atoms with E-state index >= 15 is 0 Å². The highest BCUT2D eigenvalue weighted by Gasteiger charge is 2.39. The van der Waals surface area contributed by atoms with Crippen LogP contribution in [0.4, 0.5) is 0 Å². The predicted octanol–water partition coefficient (Wildman–Crippen LogP) is -1.14. The van der Waals surface area contributed by atoms with E-state index in [0.717, 1.165) is 0 Å². The minimum atomic E-state index is -1.47. The van der Waals surface area contributed by atoms with E-state index in [1.165, 1.54) is 12.5 Å². The Morgan fingerprint density at radius 2 is 2.24 bits per heavy atom. The molecule has 1 aromatic heterocycles. The Labute approximate surface area is 95.9 Å². The molecule has 8 heteroatoms. The van der Waals surface area contributed by atoms with Crippen molar-refractivity contribution in [1.29, 1.82) is 0 Å². The molecule has 1 aliphatic heterocycles. The van der Waals surface area contributed by atoms with E-state index in [4.69, 9.17) is 19.6 Å². The van der Waals surface area contributed by atoms with Crippen LogP contribution in [-0.2, 0) is 4.74 Å². The highest BCUT2D eigenvalue weighted by atomic mass is 16.7. The molecule has 0 amide bonds. The highest BCUT2D eigenvalue weighted by Crippen LogP contribution is 2.25. The molecule has 0 radical (unpaired) electrons. The summed E-state index contributed by atoms with van der Waals surface area (Å²) in [6, 6.07) is 0. The molecule has 0 aromatic carbocycles. The third-order valence-corrected chi connectivity index (χ3v) is 2.29. The third-order valence-electron chi connectivity index (χ3n) is 2.29. The Bertz CT molecular complexity index is 404. The number of aliphatic hydroxyl groups excluding tert-OH is 3. The van der Waals surface area contributed by atoms with E-state index in [0.29, 0.717) is 0 Å². The van der Waals surface area contributed by atoms with Gasteiger partial charge in [-0.25, -0.2) is 0 Å². The quantitative estimate of drug-likeness (QED) is 0.524. The van der Waals surface area contributed by atoms with Gasteiger partial charge in [0.25, 0.3) is 0 Å².